The number of nitrogens with two attached hydrogens (primary N) is 2. The van der Waals surface area contributed by atoms with E-state index < -0.39 is 144 Å². The maximum Gasteiger partial charge on any atom is 0.325 e. The Balaban J connectivity index is 1.24. The fourth-order valence-electron chi connectivity index (χ4n) is 11.8. The van der Waals surface area contributed by atoms with Gasteiger partial charge in [0.2, 0.25) is 65.0 Å². The van der Waals surface area contributed by atoms with E-state index in [9.17, 15) is 67.7 Å². The number of aliphatic imine (C=N–C) groups is 1. The van der Waals surface area contributed by atoms with Crippen molar-refractivity contribution in [1.82, 2.24) is 58.1 Å². The van der Waals surface area contributed by atoms with E-state index in [1.807, 2.05) is 72.8 Å². The Kier molecular flexibility index (Phi) is 28.4. The van der Waals surface area contributed by atoms with E-state index in [2.05, 4.69) is 58.2 Å². The summed E-state index contributed by atoms with van der Waals surface area (Å²) in [6.07, 6.45) is -0.697. The van der Waals surface area contributed by atoms with Crippen LogP contribution < -0.4 is 64.6 Å². The number of rotatable bonds is 22. The Labute approximate surface area is 578 Å². The lowest BCUT2D eigenvalue weighted by molar-refractivity contribution is -0.144. The molecule has 29 heteroatoms. The highest BCUT2D eigenvalue weighted by molar-refractivity contribution is 6.30. The molecule has 0 bridgehead atoms. The molecule has 5 aromatic rings. The number of guanidine groups is 1. The second-order valence-corrected chi connectivity index (χ2v) is 25.8. The molecular weight excluding hydrogens is 1300 g/mol. The van der Waals surface area contributed by atoms with Crippen molar-refractivity contribution in [2.45, 2.75) is 165 Å². The monoisotopic (exact) mass is 1380 g/mol. The number of amides is 11. The van der Waals surface area contributed by atoms with Crippen LogP contribution in [-0.2, 0) is 76.8 Å². The number of likely N-dealkylation sites (tertiary alicyclic amines) is 1. The molecule has 2 saturated heterocycles. The average Bonchev–Trinajstić information content (AvgIpc) is 1.78. The first-order valence-electron chi connectivity index (χ1n) is 33.1. The number of hydrogen-bond acceptors (Lipinski definition) is 14. The first-order valence-corrected chi connectivity index (χ1v) is 33.5. The number of carboxylic acid groups (broad SMARTS) is 1. The number of nitrogens with one attached hydrogen (secondary N) is 10. The molecule has 5 aromatic carbocycles. The summed E-state index contributed by atoms with van der Waals surface area (Å²) in [5.41, 5.74) is 13.0. The molecule has 0 spiro atoms. The van der Waals surface area contributed by atoms with Crippen LogP contribution in [0.5, 0.6) is 0 Å². The Hall–Kier alpha value is -10.2. The predicted molar refractivity (Wildman–Crippen MR) is 369 cm³/mol. The molecule has 2 aliphatic heterocycles. The number of aliphatic hydroxyl groups excluding tert-OH is 1. The van der Waals surface area contributed by atoms with Gasteiger partial charge in [0.1, 0.15) is 60.4 Å². The van der Waals surface area contributed by atoms with E-state index in [0.29, 0.717) is 28.1 Å². The third-order valence-electron chi connectivity index (χ3n) is 17.0. The number of nitrogens with zero attached hydrogens (tertiary/aromatic N) is 2. The first kappa shape index (κ1) is 76.2. The number of carboxylic acids is 1. The minimum absolute atomic E-state index is 0.0149. The van der Waals surface area contributed by atoms with Gasteiger partial charge in [-0.05, 0) is 115 Å². The zero-order valence-electron chi connectivity index (χ0n) is 55.8. The molecule has 11 amide bonds. The van der Waals surface area contributed by atoms with Gasteiger partial charge in [0.25, 0.3) is 0 Å². The Morgan fingerprint density at radius 2 is 1.20 bits per heavy atom. The van der Waals surface area contributed by atoms with Crippen LogP contribution in [0.2, 0.25) is 5.02 Å². The summed E-state index contributed by atoms with van der Waals surface area (Å²) in [5, 5.41) is 50.7. The van der Waals surface area contributed by atoms with Gasteiger partial charge in [-0.2, -0.15) is 0 Å². The van der Waals surface area contributed by atoms with Crippen molar-refractivity contribution in [3.8, 4) is 0 Å². The zero-order valence-corrected chi connectivity index (χ0v) is 56.5. The molecule has 530 valence electrons. The van der Waals surface area contributed by atoms with Crippen LogP contribution in [0.1, 0.15) is 102 Å². The van der Waals surface area contributed by atoms with Crippen LogP contribution in [0.3, 0.4) is 0 Å². The van der Waals surface area contributed by atoms with Crippen LogP contribution in [0.25, 0.3) is 21.5 Å². The number of fused-ring (bicyclic) bond motifs is 2. The van der Waals surface area contributed by atoms with Gasteiger partial charge < -0.3 is 79.7 Å². The summed E-state index contributed by atoms with van der Waals surface area (Å²) in [6.45, 7) is 4.90. The Morgan fingerprint density at radius 3 is 1.84 bits per heavy atom. The molecule has 16 N–H and O–H groups in total. The molecule has 2 fully saturated rings. The number of hydrogen-bond donors (Lipinski definition) is 14. The lowest BCUT2D eigenvalue weighted by Gasteiger charge is -2.31. The van der Waals surface area contributed by atoms with Crippen LogP contribution in [0.4, 0.5) is 0 Å². The lowest BCUT2D eigenvalue weighted by atomic mass is 9.98. The minimum Gasteiger partial charge on any atom is -0.480 e. The maximum absolute atomic E-state index is 15.0. The topological polar surface area (TPSA) is 433 Å². The highest BCUT2D eigenvalue weighted by Crippen LogP contribution is 2.23. The first-order chi connectivity index (χ1) is 47.2. The number of aliphatic hydroxyl groups is 1. The number of benzene rings is 5. The third kappa shape index (κ3) is 23.2. The SMILES string of the molecule is CC(=O)N[C@H](Cc1ccc2ccccc2c1)C(=O)N[C@H](Cc1ccc(Cl)cc1)C(=O)N[C@@H]1CC(=O)NCCCC[C@@H](C(=O)N2CCC[C@H]2C(=O)N[C@H](C)C(=O)O)NC(=O)[C@H](CC(C)C)NC(=O)[C@@H](Cc2ccc3ccccc3c2)NC(=O)[C@H](CCCN=C(N)N)NC(=O)[C@H](CO)NC1=O. The van der Waals surface area contributed by atoms with Gasteiger partial charge in [-0.15, -0.1) is 0 Å². The molecule has 7 rings (SSSR count). The summed E-state index contributed by atoms with van der Waals surface area (Å²) >= 11 is 6.24. The average molecular weight is 1390 g/mol. The fourth-order valence-corrected chi connectivity index (χ4v) is 11.9. The summed E-state index contributed by atoms with van der Waals surface area (Å²) in [4.78, 5) is 176. The van der Waals surface area contributed by atoms with E-state index in [0.717, 1.165) is 21.5 Å². The smallest absolute Gasteiger partial charge is 0.325 e. The van der Waals surface area contributed by atoms with Crippen LogP contribution in [0, 0.1) is 5.92 Å². The summed E-state index contributed by atoms with van der Waals surface area (Å²) in [5.74, 6) is -11.3. The quantitative estimate of drug-likeness (QED) is 0.0260. The molecular formula is C70H89ClN14O14. The number of carbonyl (C=O) groups excluding carboxylic acids is 11. The van der Waals surface area contributed by atoms with Gasteiger partial charge >= 0.3 is 5.97 Å². The Morgan fingerprint density at radius 1 is 0.636 bits per heavy atom. The molecule has 99 heavy (non-hydrogen) atoms. The summed E-state index contributed by atoms with van der Waals surface area (Å²) in [6, 6.07) is 17.5. The van der Waals surface area contributed by atoms with Gasteiger partial charge in [0.15, 0.2) is 5.96 Å². The van der Waals surface area contributed by atoms with E-state index in [4.69, 9.17) is 23.1 Å². The molecule has 0 saturated carbocycles. The standard InChI is InChI=1S/C70H89ClN14O14/c1-39(2)31-52-61(90)79-51(68(97)85-30-12-19-58(85)67(96)76-40(3)69(98)99)17-9-10-28-74-59(88)37-56(83-63(92)54(34-42-22-26-49(71)27-23-42)82-62(91)53(77-41(4)87)35-43-20-24-45-13-5-7-15-47(45)32-43)65(94)84-57(38-86)66(95)78-50(18-11-29-75-70(72)73)60(89)81-55(64(93)80-52)36-44-21-25-46-14-6-8-16-48(46)33-44/h5-8,13-16,20-27,32-33,39-40,50-58,86H,9-12,17-19,28-31,34-38H2,1-4H3,(H,74,88)(H,76,96)(H,77,87)(H,78,95)(H,79,90)(H,80,93)(H,81,89)(H,82,91)(H,83,92)(H,84,94)(H,98,99)(H4,72,73,75)/t40-,50+,51+,52+,53-,54-,55-,56-,57+,58+/m1/s1. The van der Waals surface area contributed by atoms with Crippen molar-refractivity contribution in [1.29, 1.82) is 0 Å². The van der Waals surface area contributed by atoms with Gasteiger partial charge in [0.05, 0.1) is 13.0 Å². The van der Waals surface area contributed by atoms with Crippen molar-refractivity contribution in [3.05, 3.63) is 131 Å². The van der Waals surface area contributed by atoms with Crippen LogP contribution in [0.15, 0.2) is 114 Å². The van der Waals surface area contributed by atoms with Crippen molar-refractivity contribution in [2.24, 2.45) is 22.4 Å². The number of halogens is 1. The zero-order chi connectivity index (χ0) is 71.9. The molecule has 28 nitrogen and oxygen atoms in total. The van der Waals surface area contributed by atoms with Crippen molar-refractivity contribution >= 4 is 110 Å². The molecule has 0 radical (unpaired) electrons. The van der Waals surface area contributed by atoms with Gasteiger partial charge in [-0.3, -0.25) is 62.5 Å². The van der Waals surface area contributed by atoms with Crippen molar-refractivity contribution in [2.75, 3.05) is 26.2 Å². The number of carbonyl (C=O) groups is 12. The lowest BCUT2D eigenvalue weighted by Crippen LogP contribution is -2.61. The normalized spacial score (nSPS) is 21.0. The second-order valence-electron chi connectivity index (χ2n) is 25.4. The summed E-state index contributed by atoms with van der Waals surface area (Å²) < 4.78 is 0. The molecule has 0 aliphatic carbocycles. The van der Waals surface area contributed by atoms with Crippen LogP contribution >= 0.6 is 11.6 Å². The highest BCUT2D eigenvalue weighted by atomic mass is 35.5. The van der Waals surface area contributed by atoms with Gasteiger partial charge in [-0.1, -0.05) is 123 Å². The van der Waals surface area contributed by atoms with E-state index in [1.54, 1.807) is 50.2 Å². The summed E-state index contributed by atoms with van der Waals surface area (Å²) in [7, 11) is 0. The van der Waals surface area contributed by atoms with E-state index >= 15 is 0 Å². The largest absolute Gasteiger partial charge is 0.480 e. The van der Waals surface area contributed by atoms with Crippen molar-refractivity contribution in [3.63, 3.8) is 0 Å². The van der Waals surface area contributed by atoms with Crippen LogP contribution in [-0.4, -0.2) is 179 Å². The van der Waals surface area contributed by atoms with Crippen molar-refractivity contribution < 1.29 is 67.7 Å². The van der Waals surface area contributed by atoms with Gasteiger partial charge in [-0.25, -0.2) is 0 Å². The Bertz CT molecular complexity index is 3780. The van der Waals surface area contributed by atoms with Gasteiger partial charge in [0, 0.05) is 50.8 Å². The predicted octanol–water partition coefficient (Wildman–Crippen LogP) is 0.935. The maximum atomic E-state index is 15.0. The molecule has 2 heterocycles. The molecule has 0 aromatic heterocycles. The van der Waals surface area contributed by atoms with E-state index in [-0.39, 0.29) is 95.7 Å². The van der Waals surface area contributed by atoms with E-state index in [1.165, 1.54) is 18.7 Å². The molecule has 2 aliphatic rings. The molecule has 0 unspecified atom stereocenters. The fraction of sp³-hybridized carbons (Fsp3) is 0.443. The highest BCUT2D eigenvalue weighted by Gasteiger charge is 2.41. The third-order valence-corrected chi connectivity index (χ3v) is 17.3. The number of aliphatic carboxylic acids is 1. The second kappa shape index (κ2) is 36.9. The molecule has 10 atom stereocenters. The minimum atomic E-state index is -1.88.